The molecule has 1 aromatic heterocycles. The summed E-state index contributed by atoms with van der Waals surface area (Å²) in [5.74, 6) is 1.81. The fourth-order valence-corrected chi connectivity index (χ4v) is 3.42. The molecule has 2 aromatic carbocycles. The van der Waals surface area contributed by atoms with Crippen molar-refractivity contribution in [2.75, 3.05) is 0 Å². The lowest BCUT2D eigenvalue weighted by Crippen LogP contribution is -2.08. The SMILES string of the molecule is C=CCn1c(COc2ccccc2C)nnc1SCc1ccccc1F. The van der Waals surface area contributed by atoms with E-state index in [9.17, 15) is 4.39 Å². The molecule has 3 aromatic rings. The van der Waals surface area contributed by atoms with E-state index in [1.54, 1.807) is 18.2 Å². The summed E-state index contributed by atoms with van der Waals surface area (Å²) in [5, 5.41) is 9.20. The Bertz CT molecular complexity index is 827. The molecule has 3 rings (SSSR count). The number of aryl methyl sites for hydroxylation is 1. The highest BCUT2D eigenvalue weighted by molar-refractivity contribution is 7.98. The Morgan fingerprint density at radius 3 is 2.69 bits per heavy atom. The van der Waals surface area contributed by atoms with Crippen LogP contribution in [0.15, 0.2) is 66.3 Å². The molecule has 0 N–H and O–H groups in total. The molecule has 0 unspecified atom stereocenters. The van der Waals surface area contributed by atoms with E-state index in [1.165, 1.54) is 17.8 Å². The molecule has 0 spiro atoms. The summed E-state index contributed by atoms with van der Waals surface area (Å²) in [7, 11) is 0. The lowest BCUT2D eigenvalue weighted by Gasteiger charge is -2.10. The lowest BCUT2D eigenvalue weighted by molar-refractivity contribution is 0.287. The third-order valence-electron chi connectivity index (χ3n) is 3.87. The molecule has 26 heavy (non-hydrogen) atoms. The highest BCUT2D eigenvalue weighted by atomic mass is 32.2. The van der Waals surface area contributed by atoms with E-state index in [4.69, 9.17) is 4.74 Å². The zero-order chi connectivity index (χ0) is 18.4. The van der Waals surface area contributed by atoms with Gasteiger partial charge in [0.1, 0.15) is 18.2 Å². The third kappa shape index (κ3) is 4.32. The van der Waals surface area contributed by atoms with Gasteiger partial charge in [-0.25, -0.2) is 4.39 Å². The molecule has 0 aliphatic rings. The maximum atomic E-state index is 13.8. The van der Waals surface area contributed by atoms with Crippen molar-refractivity contribution in [1.82, 2.24) is 14.8 Å². The first-order chi connectivity index (χ1) is 12.7. The third-order valence-corrected chi connectivity index (χ3v) is 4.89. The number of hydrogen-bond acceptors (Lipinski definition) is 4. The predicted molar refractivity (Wildman–Crippen MR) is 102 cm³/mol. The van der Waals surface area contributed by atoms with Crippen LogP contribution in [0.4, 0.5) is 4.39 Å². The van der Waals surface area contributed by atoms with Gasteiger partial charge in [0.15, 0.2) is 11.0 Å². The van der Waals surface area contributed by atoms with Crippen LogP contribution in [0.25, 0.3) is 0 Å². The minimum absolute atomic E-state index is 0.210. The first-order valence-electron chi connectivity index (χ1n) is 8.26. The van der Waals surface area contributed by atoms with E-state index in [1.807, 2.05) is 41.8 Å². The number of rotatable bonds is 8. The minimum Gasteiger partial charge on any atom is -0.485 e. The lowest BCUT2D eigenvalue weighted by atomic mass is 10.2. The van der Waals surface area contributed by atoms with Gasteiger partial charge in [0.25, 0.3) is 0 Å². The molecule has 0 fully saturated rings. The number of para-hydroxylation sites is 1. The van der Waals surface area contributed by atoms with Crippen LogP contribution in [0.1, 0.15) is 17.0 Å². The Hall–Kier alpha value is -2.60. The second-order valence-electron chi connectivity index (χ2n) is 5.73. The number of halogens is 1. The van der Waals surface area contributed by atoms with E-state index in [0.717, 1.165) is 16.5 Å². The molecule has 0 amide bonds. The summed E-state index contributed by atoms with van der Waals surface area (Å²) in [6.45, 7) is 6.68. The molecule has 134 valence electrons. The number of aromatic nitrogens is 3. The van der Waals surface area contributed by atoms with Crippen molar-refractivity contribution in [2.45, 2.75) is 31.0 Å². The van der Waals surface area contributed by atoms with Gasteiger partial charge in [0, 0.05) is 12.3 Å². The molecule has 1 heterocycles. The molecule has 0 aliphatic heterocycles. The second kappa shape index (κ2) is 8.67. The average Bonchev–Trinajstić information content (AvgIpc) is 3.03. The highest BCUT2D eigenvalue weighted by Crippen LogP contribution is 2.24. The highest BCUT2D eigenvalue weighted by Gasteiger charge is 2.13. The molecule has 0 saturated heterocycles. The summed E-state index contributed by atoms with van der Waals surface area (Å²) < 4.78 is 21.6. The Labute approximate surface area is 156 Å². The monoisotopic (exact) mass is 369 g/mol. The number of ether oxygens (including phenoxy) is 1. The molecule has 4 nitrogen and oxygen atoms in total. The van der Waals surface area contributed by atoms with E-state index in [-0.39, 0.29) is 5.82 Å². The van der Waals surface area contributed by atoms with Gasteiger partial charge < -0.3 is 4.74 Å². The molecular weight excluding hydrogens is 349 g/mol. The zero-order valence-electron chi connectivity index (χ0n) is 14.6. The Kier molecular flexibility index (Phi) is 6.07. The maximum absolute atomic E-state index is 13.8. The van der Waals surface area contributed by atoms with Gasteiger partial charge in [-0.1, -0.05) is 54.2 Å². The van der Waals surface area contributed by atoms with Gasteiger partial charge in [-0.15, -0.1) is 16.8 Å². The van der Waals surface area contributed by atoms with Gasteiger partial charge in [0.2, 0.25) is 0 Å². The van der Waals surface area contributed by atoms with Gasteiger partial charge in [-0.2, -0.15) is 0 Å². The summed E-state index contributed by atoms with van der Waals surface area (Å²) in [4.78, 5) is 0. The Morgan fingerprint density at radius 1 is 1.15 bits per heavy atom. The van der Waals surface area contributed by atoms with Crippen LogP contribution < -0.4 is 4.74 Å². The van der Waals surface area contributed by atoms with Gasteiger partial charge in [-0.3, -0.25) is 4.57 Å². The Morgan fingerprint density at radius 2 is 1.92 bits per heavy atom. The number of thioether (sulfide) groups is 1. The van der Waals surface area contributed by atoms with Crippen LogP contribution in [0, 0.1) is 12.7 Å². The fourth-order valence-electron chi connectivity index (χ4n) is 2.46. The van der Waals surface area contributed by atoms with E-state index < -0.39 is 0 Å². The van der Waals surface area contributed by atoms with E-state index >= 15 is 0 Å². The van der Waals surface area contributed by atoms with Crippen molar-refractivity contribution < 1.29 is 9.13 Å². The smallest absolute Gasteiger partial charge is 0.191 e. The summed E-state index contributed by atoms with van der Waals surface area (Å²) >= 11 is 1.45. The van der Waals surface area contributed by atoms with Crippen molar-refractivity contribution in [3.8, 4) is 5.75 Å². The van der Waals surface area contributed by atoms with Gasteiger partial charge >= 0.3 is 0 Å². The van der Waals surface area contributed by atoms with Crippen molar-refractivity contribution in [1.29, 1.82) is 0 Å². The van der Waals surface area contributed by atoms with Crippen LogP contribution in [-0.2, 0) is 18.9 Å². The number of nitrogens with zero attached hydrogens (tertiary/aromatic N) is 3. The number of benzene rings is 2. The number of allylic oxidation sites excluding steroid dienone is 1. The van der Waals surface area contributed by atoms with Crippen molar-refractivity contribution in [3.63, 3.8) is 0 Å². The normalized spacial score (nSPS) is 10.7. The van der Waals surface area contributed by atoms with Crippen LogP contribution in [0.3, 0.4) is 0 Å². The van der Waals surface area contributed by atoms with Crippen LogP contribution in [0.5, 0.6) is 5.75 Å². The molecule has 6 heteroatoms. The molecule has 0 atom stereocenters. The van der Waals surface area contributed by atoms with Gasteiger partial charge in [-0.05, 0) is 30.2 Å². The van der Waals surface area contributed by atoms with Crippen LogP contribution >= 0.6 is 11.8 Å². The van der Waals surface area contributed by atoms with Crippen molar-refractivity contribution in [3.05, 3.63) is 84.0 Å². The summed E-state index contributed by atoms with van der Waals surface area (Å²) in [6, 6.07) is 14.6. The molecule has 0 aliphatic carbocycles. The molecular formula is C20H20FN3OS. The quantitative estimate of drug-likeness (QED) is 0.423. The topological polar surface area (TPSA) is 39.9 Å². The predicted octanol–water partition coefficient (Wildman–Crippen LogP) is 4.78. The van der Waals surface area contributed by atoms with E-state index in [2.05, 4.69) is 16.8 Å². The molecule has 0 bridgehead atoms. The van der Waals surface area contributed by atoms with Crippen molar-refractivity contribution in [2.24, 2.45) is 0 Å². The van der Waals surface area contributed by atoms with Gasteiger partial charge in [0.05, 0.1) is 0 Å². The largest absolute Gasteiger partial charge is 0.485 e. The first kappa shape index (κ1) is 18.2. The average molecular weight is 369 g/mol. The first-order valence-corrected chi connectivity index (χ1v) is 9.25. The minimum atomic E-state index is -0.210. The van der Waals surface area contributed by atoms with Crippen LogP contribution in [-0.4, -0.2) is 14.8 Å². The maximum Gasteiger partial charge on any atom is 0.191 e. The summed E-state index contributed by atoms with van der Waals surface area (Å²) in [5.41, 5.74) is 1.71. The second-order valence-corrected chi connectivity index (χ2v) is 6.67. The van der Waals surface area contributed by atoms with E-state index in [0.29, 0.717) is 30.3 Å². The zero-order valence-corrected chi connectivity index (χ0v) is 15.4. The molecule has 0 radical (unpaired) electrons. The Balaban J connectivity index is 1.72. The molecule has 0 saturated carbocycles. The fraction of sp³-hybridized carbons (Fsp3) is 0.200. The number of hydrogen-bond donors (Lipinski definition) is 0. The van der Waals surface area contributed by atoms with Crippen LogP contribution in [0.2, 0.25) is 0 Å². The standard InChI is InChI=1S/C20H20FN3OS/c1-3-12-24-19(13-25-18-11-7-4-8-15(18)2)22-23-20(24)26-14-16-9-5-6-10-17(16)21/h3-11H,1,12-14H2,2H3. The summed E-state index contributed by atoms with van der Waals surface area (Å²) in [6.07, 6.45) is 1.79. The van der Waals surface area contributed by atoms with Crippen molar-refractivity contribution >= 4 is 11.8 Å².